The van der Waals surface area contributed by atoms with Crippen LogP contribution in [0.5, 0.6) is 0 Å². The van der Waals surface area contributed by atoms with E-state index in [0.29, 0.717) is 40.2 Å². The molecule has 0 bridgehead atoms. The predicted molar refractivity (Wildman–Crippen MR) is 140 cm³/mol. The van der Waals surface area contributed by atoms with Gasteiger partial charge in [-0.1, -0.05) is 61.0 Å². The Hall–Kier alpha value is -4.03. The molecule has 0 spiro atoms. The van der Waals surface area contributed by atoms with Crippen LogP contribution >= 0.6 is 11.6 Å². The molecule has 172 valence electrons. The fourth-order valence-electron chi connectivity index (χ4n) is 4.59. The summed E-state index contributed by atoms with van der Waals surface area (Å²) in [4.78, 5) is 28.8. The molecule has 3 aromatic heterocycles. The lowest BCUT2D eigenvalue weighted by Crippen LogP contribution is -2.26. The van der Waals surface area contributed by atoms with Crippen LogP contribution < -0.4 is 5.56 Å². The number of para-hydroxylation sites is 2. The standard InChI is InChI=1S/C28H22ClN5O/c1-2-23-32-26-24(28(35)33(23)17-16-18-8-4-3-5-9-18)25-27(31-22-11-7-6-10-21(22)30-25)34(26)20-14-12-19(29)13-15-20/h3-15H,2,16-17H2,1H3. The Labute approximate surface area is 206 Å². The van der Waals surface area contributed by atoms with Gasteiger partial charge in [0.15, 0.2) is 11.3 Å². The van der Waals surface area contributed by atoms with Crippen LogP contribution in [-0.4, -0.2) is 24.1 Å². The molecular weight excluding hydrogens is 458 g/mol. The summed E-state index contributed by atoms with van der Waals surface area (Å²) >= 11 is 6.16. The molecule has 0 aliphatic rings. The normalized spacial score (nSPS) is 11.6. The zero-order valence-corrected chi connectivity index (χ0v) is 19.9. The zero-order chi connectivity index (χ0) is 23.9. The summed E-state index contributed by atoms with van der Waals surface area (Å²) in [7, 11) is 0. The van der Waals surface area contributed by atoms with E-state index in [1.165, 1.54) is 5.56 Å². The summed E-state index contributed by atoms with van der Waals surface area (Å²) in [5.74, 6) is 0.737. The van der Waals surface area contributed by atoms with Crippen LogP contribution in [0.15, 0.2) is 83.7 Å². The van der Waals surface area contributed by atoms with Gasteiger partial charge < -0.3 is 0 Å². The lowest BCUT2D eigenvalue weighted by molar-refractivity contribution is 0.620. The van der Waals surface area contributed by atoms with E-state index in [9.17, 15) is 4.79 Å². The van der Waals surface area contributed by atoms with Crippen molar-refractivity contribution in [3.8, 4) is 5.69 Å². The molecule has 0 amide bonds. The van der Waals surface area contributed by atoms with Crippen molar-refractivity contribution in [2.24, 2.45) is 0 Å². The molecule has 7 heteroatoms. The van der Waals surface area contributed by atoms with Gasteiger partial charge in [-0.25, -0.2) is 15.0 Å². The van der Waals surface area contributed by atoms with E-state index in [2.05, 4.69) is 12.1 Å². The van der Waals surface area contributed by atoms with Crippen LogP contribution in [-0.2, 0) is 19.4 Å². The highest BCUT2D eigenvalue weighted by Crippen LogP contribution is 2.29. The number of nitrogens with zero attached hydrogens (tertiary/aromatic N) is 5. The summed E-state index contributed by atoms with van der Waals surface area (Å²) in [6, 6.07) is 25.3. The largest absolute Gasteiger partial charge is 0.296 e. The van der Waals surface area contributed by atoms with Gasteiger partial charge in [0.2, 0.25) is 0 Å². The van der Waals surface area contributed by atoms with Crippen LogP contribution in [0.1, 0.15) is 18.3 Å². The van der Waals surface area contributed by atoms with E-state index in [1.807, 2.05) is 78.2 Å². The number of aromatic nitrogens is 5. The molecule has 0 saturated heterocycles. The highest BCUT2D eigenvalue weighted by Gasteiger charge is 2.22. The molecule has 6 rings (SSSR count). The molecule has 0 saturated carbocycles. The number of benzene rings is 3. The highest BCUT2D eigenvalue weighted by molar-refractivity contribution is 6.30. The van der Waals surface area contributed by atoms with E-state index >= 15 is 0 Å². The van der Waals surface area contributed by atoms with Crippen LogP contribution in [0.4, 0.5) is 0 Å². The first kappa shape index (κ1) is 21.5. The molecule has 0 atom stereocenters. The van der Waals surface area contributed by atoms with Crippen molar-refractivity contribution in [2.45, 2.75) is 26.3 Å². The van der Waals surface area contributed by atoms with Gasteiger partial charge in [0, 0.05) is 23.7 Å². The minimum Gasteiger partial charge on any atom is -0.296 e. The maximum absolute atomic E-state index is 14.0. The summed E-state index contributed by atoms with van der Waals surface area (Å²) in [5, 5.41) is 1.12. The smallest absolute Gasteiger partial charge is 0.265 e. The van der Waals surface area contributed by atoms with E-state index < -0.39 is 0 Å². The summed E-state index contributed by atoms with van der Waals surface area (Å²) in [6.45, 7) is 2.57. The third-order valence-corrected chi connectivity index (χ3v) is 6.56. The molecule has 6 nitrogen and oxygen atoms in total. The van der Waals surface area contributed by atoms with Gasteiger partial charge >= 0.3 is 0 Å². The van der Waals surface area contributed by atoms with E-state index in [-0.39, 0.29) is 5.56 Å². The molecule has 3 aromatic carbocycles. The number of rotatable bonds is 5. The fourth-order valence-corrected chi connectivity index (χ4v) is 4.72. The zero-order valence-electron chi connectivity index (χ0n) is 19.1. The molecule has 0 aliphatic heterocycles. The first-order chi connectivity index (χ1) is 17.1. The molecule has 0 N–H and O–H groups in total. The second kappa shape index (κ2) is 8.64. The lowest BCUT2D eigenvalue weighted by atomic mass is 10.1. The quantitative estimate of drug-likeness (QED) is 0.316. The van der Waals surface area contributed by atoms with Crippen molar-refractivity contribution in [1.82, 2.24) is 24.1 Å². The topological polar surface area (TPSA) is 65.6 Å². The van der Waals surface area contributed by atoms with Crippen molar-refractivity contribution in [3.63, 3.8) is 0 Å². The second-order valence-electron chi connectivity index (χ2n) is 8.47. The van der Waals surface area contributed by atoms with Gasteiger partial charge in [-0.05, 0) is 48.4 Å². The minimum absolute atomic E-state index is 0.0925. The molecule has 6 aromatic rings. The number of fused-ring (bicyclic) bond motifs is 4. The first-order valence-electron chi connectivity index (χ1n) is 11.6. The average molecular weight is 480 g/mol. The minimum atomic E-state index is -0.0925. The maximum atomic E-state index is 14.0. The van der Waals surface area contributed by atoms with Gasteiger partial charge in [0.05, 0.1) is 11.0 Å². The SMILES string of the molecule is CCc1nc2c(c(=O)n1CCc1ccccc1)c1nc3ccccc3nc1n2-c1ccc(Cl)cc1. The van der Waals surface area contributed by atoms with Crippen molar-refractivity contribution in [1.29, 1.82) is 0 Å². The Kier molecular flexibility index (Phi) is 5.30. The molecule has 35 heavy (non-hydrogen) atoms. The molecule has 0 unspecified atom stereocenters. The van der Waals surface area contributed by atoms with Crippen LogP contribution in [0.3, 0.4) is 0 Å². The van der Waals surface area contributed by atoms with Crippen LogP contribution in [0.2, 0.25) is 5.02 Å². The summed E-state index contributed by atoms with van der Waals surface area (Å²) < 4.78 is 3.71. The van der Waals surface area contributed by atoms with Crippen LogP contribution in [0, 0.1) is 0 Å². The van der Waals surface area contributed by atoms with Gasteiger partial charge in [-0.2, -0.15) is 0 Å². The third kappa shape index (κ3) is 3.67. The summed E-state index contributed by atoms with van der Waals surface area (Å²) in [5.41, 5.74) is 5.14. The number of halogens is 1. The molecule has 0 radical (unpaired) electrons. The monoisotopic (exact) mass is 479 g/mol. The predicted octanol–water partition coefficient (Wildman–Crippen LogP) is 5.74. The third-order valence-electron chi connectivity index (χ3n) is 6.31. The summed E-state index contributed by atoms with van der Waals surface area (Å²) in [6.07, 6.45) is 1.37. The average Bonchev–Trinajstić information content (AvgIpc) is 3.20. The Morgan fingerprint density at radius 2 is 1.49 bits per heavy atom. The number of hydrogen-bond donors (Lipinski definition) is 0. The number of hydrogen-bond acceptors (Lipinski definition) is 4. The van der Waals surface area contributed by atoms with E-state index in [0.717, 1.165) is 29.0 Å². The highest BCUT2D eigenvalue weighted by atomic mass is 35.5. The molecular formula is C28H22ClN5O. The Morgan fingerprint density at radius 1 is 0.800 bits per heavy atom. The maximum Gasteiger partial charge on any atom is 0.265 e. The molecule has 0 fully saturated rings. The van der Waals surface area contributed by atoms with Crippen molar-refractivity contribution < 1.29 is 0 Å². The van der Waals surface area contributed by atoms with Gasteiger partial charge in [-0.15, -0.1) is 0 Å². The van der Waals surface area contributed by atoms with Crippen LogP contribution in [0.25, 0.3) is 38.9 Å². The van der Waals surface area contributed by atoms with Crippen molar-refractivity contribution in [2.75, 3.05) is 0 Å². The number of aryl methyl sites for hydroxylation is 2. The molecule has 3 heterocycles. The van der Waals surface area contributed by atoms with Gasteiger partial charge in [0.25, 0.3) is 5.56 Å². The second-order valence-corrected chi connectivity index (χ2v) is 8.91. The van der Waals surface area contributed by atoms with E-state index in [4.69, 9.17) is 26.6 Å². The Morgan fingerprint density at radius 3 is 2.20 bits per heavy atom. The Balaban J connectivity index is 1.66. The van der Waals surface area contributed by atoms with E-state index in [1.54, 1.807) is 4.57 Å². The Bertz CT molecular complexity index is 1750. The van der Waals surface area contributed by atoms with Gasteiger partial charge in [0.1, 0.15) is 16.7 Å². The van der Waals surface area contributed by atoms with Crippen molar-refractivity contribution in [3.05, 3.63) is 106 Å². The lowest BCUT2D eigenvalue weighted by Gasteiger charge is -2.12. The van der Waals surface area contributed by atoms with Crippen molar-refractivity contribution >= 4 is 44.8 Å². The van der Waals surface area contributed by atoms with Gasteiger partial charge in [-0.3, -0.25) is 13.9 Å². The first-order valence-corrected chi connectivity index (χ1v) is 12.0. The molecule has 0 aliphatic carbocycles. The fraction of sp³-hybridized carbons (Fsp3) is 0.143.